The highest BCUT2D eigenvalue weighted by atomic mass is 32.2. The average Bonchev–Trinajstić information content (AvgIpc) is 2.71. The standard InChI is InChI=1S/C23H32N2O4S/c1-5-8-9-18-10-12-19(13-11-18)24-23(26)22(6-2)25(30(4,27)28)20-14-16-21(17-15-20)29-7-3/h10-17,22H,5-9H2,1-4H3,(H,24,26)/t22-/m0/s1. The maximum atomic E-state index is 13.0. The molecule has 0 unspecified atom stereocenters. The Bertz CT molecular complexity index is 909. The number of benzene rings is 2. The molecule has 0 aromatic heterocycles. The summed E-state index contributed by atoms with van der Waals surface area (Å²) in [6.45, 7) is 6.35. The van der Waals surface area contributed by atoms with Gasteiger partial charge in [-0.05, 0) is 68.1 Å². The topological polar surface area (TPSA) is 75.7 Å². The van der Waals surface area contributed by atoms with Crippen LogP contribution >= 0.6 is 0 Å². The summed E-state index contributed by atoms with van der Waals surface area (Å²) in [5, 5.41) is 2.86. The highest BCUT2D eigenvalue weighted by molar-refractivity contribution is 7.92. The van der Waals surface area contributed by atoms with Crippen molar-refractivity contribution in [2.24, 2.45) is 0 Å². The molecule has 0 aliphatic rings. The fourth-order valence-corrected chi connectivity index (χ4v) is 4.49. The Morgan fingerprint density at radius 2 is 1.67 bits per heavy atom. The lowest BCUT2D eigenvalue weighted by molar-refractivity contribution is -0.117. The fourth-order valence-electron chi connectivity index (χ4n) is 3.28. The van der Waals surface area contributed by atoms with Crippen LogP contribution in [0.3, 0.4) is 0 Å². The molecule has 1 N–H and O–H groups in total. The van der Waals surface area contributed by atoms with Gasteiger partial charge < -0.3 is 10.1 Å². The molecule has 2 aromatic rings. The molecule has 0 fully saturated rings. The fraction of sp³-hybridized carbons (Fsp3) is 0.435. The molecule has 0 heterocycles. The van der Waals surface area contributed by atoms with Crippen molar-refractivity contribution in [3.63, 3.8) is 0 Å². The highest BCUT2D eigenvalue weighted by Gasteiger charge is 2.31. The number of rotatable bonds is 11. The van der Waals surface area contributed by atoms with Crippen LogP contribution in [0.2, 0.25) is 0 Å². The van der Waals surface area contributed by atoms with Gasteiger partial charge in [-0.15, -0.1) is 0 Å². The molecule has 0 saturated carbocycles. The molecular weight excluding hydrogens is 400 g/mol. The van der Waals surface area contributed by atoms with Crippen LogP contribution in [-0.2, 0) is 21.2 Å². The van der Waals surface area contributed by atoms with Gasteiger partial charge in [-0.3, -0.25) is 9.10 Å². The second-order valence-corrected chi connectivity index (χ2v) is 9.06. The first-order valence-electron chi connectivity index (χ1n) is 10.4. The third-order valence-corrected chi connectivity index (χ3v) is 5.95. The second kappa shape index (κ2) is 11.0. The minimum Gasteiger partial charge on any atom is -0.494 e. The predicted octanol–water partition coefficient (Wildman–Crippen LogP) is 4.61. The summed E-state index contributed by atoms with van der Waals surface area (Å²) in [5.74, 6) is 0.286. The normalized spacial score (nSPS) is 12.3. The number of carbonyl (C=O) groups is 1. The molecule has 0 bridgehead atoms. The summed E-state index contributed by atoms with van der Waals surface area (Å²) in [6, 6.07) is 13.6. The molecule has 2 aromatic carbocycles. The van der Waals surface area contributed by atoms with E-state index in [1.807, 2.05) is 31.2 Å². The largest absolute Gasteiger partial charge is 0.494 e. The summed E-state index contributed by atoms with van der Waals surface area (Å²) < 4.78 is 31.7. The van der Waals surface area contributed by atoms with E-state index in [2.05, 4.69) is 12.2 Å². The van der Waals surface area contributed by atoms with Crippen molar-refractivity contribution in [3.8, 4) is 5.75 Å². The van der Waals surface area contributed by atoms with E-state index in [1.54, 1.807) is 31.2 Å². The quantitative estimate of drug-likeness (QED) is 0.562. The van der Waals surface area contributed by atoms with Crippen molar-refractivity contribution in [2.45, 2.75) is 52.5 Å². The average molecular weight is 433 g/mol. The number of unbranched alkanes of at least 4 members (excludes halogenated alkanes) is 1. The maximum absolute atomic E-state index is 13.0. The zero-order valence-corrected chi connectivity index (χ0v) is 19.0. The Balaban J connectivity index is 2.22. The molecule has 0 spiro atoms. The SMILES string of the molecule is CCCCc1ccc(NC(=O)[C@H](CC)N(c2ccc(OCC)cc2)S(C)(=O)=O)cc1. The lowest BCUT2D eigenvalue weighted by Crippen LogP contribution is -2.47. The van der Waals surface area contributed by atoms with Crippen molar-refractivity contribution in [1.82, 2.24) is 0 Å². The van der Waals surface area contributed by atoms with Crippen LogP contribution in [0.25, 0.3) is 0 Å². The number of hydrogen-bond acceptors (Lipinski definition) is 4. The van der Waals surface area contributed by atoms with Gasteiger partial charge in [0.1, 0.15) is 11.8 Å². The number of sulfonamides is 1. The van der Waals surface area contributed by atoms with Crippen molar-refractivity contribution in [2.75, 3.05) is 22.5 Å². The maximum Gasteiger partial charge on any atom is 0.248 e. The molecule has 30 heavy (non-hydrogen) atoms. The van der Waals surface area contributed by atoms with Crippen LogP contribution in [0.15, 0.2) is 48.5 Å². The smallest absolute Gasteiger partial charge is 0.248 e. The minimum atomic E-state index is -3.68. The molecule has 1 amide bonds. The number of hydrogen-bond donors (Lipinski definition) is 1. The monoisotopic (exact) mass is 432 g/mol. The van der Waals surface area contributed by atoms with Crippen LogP contribution in [0.5, 0.6) is 5.75 Å². The van der Waals surface area contributed by atoms with Crippen molar-refractivity contribution >= 4 is 27.3 Å². The summed E-state index contributed by atoms with van der Waals surface area (Å²) >= 11 is 0. The van der Waals surface area contributed by atoms with E-state index >= 15 is 0 Å². The van der Waals surface area contributed by atoms with Crippen LogP contribution < -0.4 is 14.4 Å². The van der Waals surface area contributed by atoms with E-state index in [4.69, 9.17) is 4.74 Å². The Morgan fingerprint density at radius 1 is 1.03 bits per heavy atom. The van der Waals surface area contributed by atoms with E-state index in [0.29, 0.717) is 30.2 Å². The first-order valence-corrected chi connectivity index (χ1v) is 12.3. The first kappa shape index (κ1) is 23.7. The summed E-state index contributed by atoms with van der Waals surface area (Å²) in [5.41, 5.74) is 2.30. The molecule has 0 aliphatic carbocycles. The third kappa shape index (κ3) is 6.49. The van der Waals surface area contributed by atoms with Gasteiger partial charge in [-0.1, -0.05) is 32.4 Å². The van der Waals surface area contributed by atoms with Crippen molar-refractivity contribution < 1.29 is 17.9 Å². The minimum absolute atomic E-state index is 0.334. The van der Waals surface area contributed by atoms with Gasteiger partial charge in [-0.2, -0.15) is 0 Å². The molecular formula is C23H32N2O4S. The van der Waals surface area contributed by atoms with Gasteiger partial charge in [0.2, 0.25) is 15.9 Å². The second-order valence-electron chi connectivity index (χ2n) is 7.20. The van der Waals surface area contributed by atoms with E-state index in [1.165, 1.54) is 9.87 Å². The Labute approximate surface area is 180 Å². The van der Waals surface area contributed by atoms with E-state index in [-0.39, 0.29) is 5.91 Å². The zero-order chi connectivity index (χ0) is 22.1. The van der Waals surface area contributed by atoms with Gasteiger partial charge in [-0.25, -0.2) is 8.42 Å². The van der Waals surface area contributed by atoms with Crippen LogP contribution in [-0.4, -0.2) is 33.2 Å². The number of carbonyl (C=O) groups excluding carboxylic acids is 1. The number of anilines is 2. The Morgan fingerprint density at radius 3 is 2.17 bits per heavy atom. The lowest BCUT2D eigenvalue weighted by atomic mass is 10.1. The molecule has 0 saturated heterocycles. The number of nitrogens with zero attached hydrogens (tertiary/aromatic N) is 1. The summed E-state index contributed by atoms with van der Waals surface area (Å²) in [7, 11) is -3.68. The first-order chi connectivity index (χ1) is 14.3. The molecule has 0 aliphatic heterocycles. The van der Waals surface area contributed by atoms with Gasteiger partial charge in [0.25, 0.3) is 0 Å². The summed E-state index contributed by atoms with van der Waals surface area (Å²) in [6.07, 6.45) is 4.70. The van der Waals surface area contributed by atoms with Crippen LogP contribution in [0.1, 0.15) is 45.6 Å². The molecule has 164 valence electrons. The van der Waals surface area contributed by atoms with Gasteiger partial charge >= 0.3 is 0 Å². The molecule has 7 heteroatoms. The van der Waals surface area contributed by atoms with E-state index < -0.39 is 16.1 Å². The molecule has 0 radical (unpaired) electrons. The lowest BCUT2D eigenvalue weighted by Gasteiger charge is -2.30. The van der Waals surface area contributed by atoms with Crippen molar-refractivity contribution in [3.05, 3.63) is 54.1 Å². The van der Waals surface area contributed by atoms with Crippen molar-refractivity contribution in [1.29, 1.82) is 0 Å². The van der Waals surface area contributed by atoms with Crippen LogP contribution in [0, 0.1) is 0 Å². The predicted molar refractivity (Wildman–Crippen MR) is 123 cm³/mol. The van der Waals surface area contributed by atoms with Gasteiger partial charge in [0.15, 0.2) is 0 Å². The number of amides is 1. The summed E-state index contributed by atoms with van der Waals surface area (Å²) in [4.78, 5) is 13.0. The Hall–Kier alpha value is -2.54. The van der Waals surface area contributed by atoms with Gasteiger partial charge in [0.05, 0.1) is 18.6 Å². The van der Waals surface area contributed by atoms with Gasteiger partial charge in [0, 0.05) is 5.69 Å². The molecule has 6 nitrogen and oxygen atoms in total. The van der Waals surface area contributed by atoms with E-state index in [9.17, 15) is 13.2 Å². The zero-order valence-electron chi connectivity index (χ0n) is 18.2. The highest BCUT2D eigenvalue weighted by Crippen LogP contribution is 2.26. The third-order valence-electron chi connectivity index (χ3n) is 4.77. The molecule has 1 atom stereocenters. The number of aryl methyl sites for hydroxylation is 1. The number of nitrogens with one attached hydrogen (secondary N) is 1. The van der Waals surface area contributed by atoms with E-state index in [0.717, 1.165) is 25.5 Å². The Kier molecular flexibility index (Phi) is 8.72. The van der Waals surface area contributed by atoms with Crippen LogP contribution in [0.4, 0.5) is 11.4 Å². The number of ether oxygens (including phenoxy) is 1. The molecule has 2 rings (SSSR count).